The summed E-state index contributed by atoms with van der Waals surface area (Å²) in [5.74, 6) is -0.405. The van der Waals surface area contributed by atoms with Crippen molar-refractivity contribution in [3.8, 4) is 6.07 Å². The fraction of sp³-hybridized carbons (Fsp3) is 0.318. The quantitative estimate of drug-likeness (QED) is 0.721. The number of urea groups is 1. The van der Waals surface area contributed by atoms with Crippen molar-refractivity contribution >= 4 is 28.5 Å². The average molecular weight is 405 g/mol. The van der Waals surface area contributed by atoms with E-state index >= 15 is 0 Å². The summed E-state index contributed by atoms with van der Waals surface area (Å²) in [7, 11) is 0. The molecule has 2 amide bonds. The highest BCUT2D eigenvalue weighted by molar-refractivity contribution is 5.91. The molecule has 1 fully saturated rings. The topological polar surface area (TPSA) is 94.5 Å². The summed E-state index contributed by atoms with van der Waals surface area (Å²) in [6, 6.07) is 14.7. The van der Waals surface area contributed by atoms with Gasteiger partial charge in [-0.25, -0.2) is 9.59 Å². The first-order valence-electron chi connectivity index (χ1n) is 9.93. The minimum atomic E-state index is -0.405. The summed E-state index contributed by atoms with van der Waals surface area (Å²) in [4.78, 5) is 28.6. The molecule has 8 nitrogen and oxygen atoms in total. The molecule has 0 spiro atoms. The minimum absolute atomic E-state index is 0.0124. The van der Waals surface area contributed by atoms with Gasteiger partial charge in [-0.2, -0.15) is 5.26 Å². The number of piperazine rings is 1. The third kappa shape index (κ3) is 3.62. The molecule has 0 bridgehead atoms. The molecule has 1 aromatic heterocycles. The number of nitrogens with zero attached hydrogens (tertiary/aromatic N) is 4. The normalized spacial score (nSPS) is 14.2. The van der Waals surface area contributed by atoms with Gasteiger partial charge in [0.15, 0.2) is 5.58 Å². The Bertz CT molecular complexity index is 1180. The van der Waals surface area contributed by atoms with Crippen molar-refractivity contribution in [3.05, 3.63) is 58.6 Å². The highest BCUT2D eigenvalue weighted by Crippen LogP contribution is 2.23. The SMILES string of the molecule is CC(C)n1c(=O)oc2cc(NC(=O)N3CCN(c4ccccc4C#N)CC3)ccc21. The highest BCUT2D eigenvalue weighted by Gasteiger charge is 2.23. The molecule has 154 valence electrons. The van der Waals surface area contributed by atoms with E-state index in [2.05, 4.69) is 16.3 Å². The van der Waals surface area contributed by atoms with E-state index in [0.29, 0.717) is 48.5 Å². The molecular formula is C22H23N5O3. The molecule has 30 heavy (non-hydrogen) atoms. The summed E-state index contributed by atoms with van der Waals surface area (Å²) in [5, 5.41) is 12.2. The summed E-state index contributed by atoms with van der Waals surface area (Å²) >= 11 is 0. The van der Waals surface area contributed by atoms with Crippen LogP contribution in [0, 0.1) is 11.3 Å². The molecule has 1 aliphatic heterocycles. The van der Waals surface area contributed by atoms with Crippen LogP contribution in [0.4, 0.5) is 16.2 Å². The van der Waals surface area contributed by atoms with E-state index in [9.17, 15) is 14.9 Å². The van der Waals surface area contributed by atoms with Crippen molar-refractivity contribution in [1.29, 1.82) is 5.26 Å². The van der Waals surface area contributed by atoms with Crippen molar-refractivity contribution in [2.24, 2.45) is 0 Å². The summed E-state index contributed by atoms with van der Waals surface area (Å²) in [6.07, 6.45) is 0. The third-order valence-corrected chi connectivity index (χ3v) is 5.31. The number of benzene rings is 2. The number of carbonyl (C=O) groups is 1. The van der Waals surface area contributed by atoms with E-state index in [1.807, 2.05) is 32.0 Å². The van der Waals surface area contributed by atoms with Crippen LogP contribution in [0.5, 0.6) is 0 Å². The predicted octanol–water partition coefficient (Wildman–Crippen LogP) is 3.40. The standard InChI is InChI=1S/C22H23N5O3/c1-15(2)27-19-8-7-17(13-20(19)30-22(27)29)24-21(28)26-11-9-25(10-12-26)18-6-4-3-5-16(18)14-23/h3-8,13,15H,9-12H2,1-2H3,(H,24,28). The zero-order valence-corrected chi connectivity index (χ0v) is 17.0. The van der Waals surface area contributed by atoms with Crippen molar-refractivity contribution < 1.29 is 9.21 Å². The second-order valence-corrected chi connectivity index (χ2v) is 7.55. The summed E-state index contributed by atoms with van der Waals surface area (Å²) < 4.78 is 6.90. The molecule has 0 unspecified atom stereocenters. The molecule has 1 N–H and O–H groups in total. The van der Waals surface area contributed by atoms with Crippen LogP contribution < -0.4 is 16.0 Å². The zero-order valence-electron chi connectivity index (χ0n) is 17.0. The number of nitrogens with one attached hydrogen (secondary N) is 1. The molecule has 0 saturated carbocycles. The number of anilines is 2. The Hall–Kier alpha value is -3.73. The molecule has 0 atom stereocenters. The largest absolute Gasteiger partial charge is 0.420 e. The number of amides is 2. The maximum Gasteiger partial charge on any atom is 0.420 e. The van der Waals surface area contributed by atoms with Crippen LogP contribution in [-0.4, -0.2) is 41.7 Å². The molecule has 2 heterocycles. The third-order valence-electron chi connectivity index (χ3n) is 5.31. The van der Waals surface area contributed by atoms with E-state index in [4.69, 9.17) is 4.42 Å². The van der Waals surface area contributed by atoms with Gasteiger partial charge >= 0.3 is 11.8 Å². The number of aromatic nitrogens is 1. The van der Waals surface area contributed by atoms with Crippen LogP contribution >= 0.6 is 0 Å². The number of para-hydroxylation sites is 1. The van der Waals surface area contributed by atoms with Crippen molar-refractivity contribution in [3.63, 3.8) is 0 Å². The van der Waals surface area contributed by atoms with Crippen LogP contribution in [0.25, 0.3) is 11.1 Å². The number of oxazole rings is 1. The number of rotatable bonds is 3. The number of nitriles is 1. The van der Waals surface area contributed by atoms with Crippen molar-refractivity contribution in [2.75, 3.05) is 36.4 Å². The van der Waals surface area contributed by atoms with Crippen LogP contribution in [0.2, 0.25) is 0 Å². The smallest absolute Gasteiger partial charge is 0.408 e. The van der Waals surface area contributed by atoms with E-state index in [-0.39, 0.29) is 12.1 Å². The zero-order chi connectivity index (χ0) is 21.3. The van der Waals surface area contributed by atoms with Gasteiger partial charge in [-0.15, -0.1) is 0 Å². The van der Waals surface area contributed by atoms with Crippen LogP contribution in [0.3, 0.4) is 0 Å². The fourth-order valence-electron chi connectivity index (χ4n) is 3.80. The number of hydrogen-bond donors (Lipinski definition) is 1. The first-order chi connectivity index (χ1) is 14.5. The molecule has 0 radical (unpaired) electrons. The lowest BCUT2D eigenvalue weighted by molar-refractivity contribution is 0.208. The maximum absolute atomic E-state index is 12.7. The molecule has 1 aliphatic rings. The second-order valence-electron chi connectivity index (χ2n) is 7.55. The van der Waals surface area contributed by atoms with Crippen LogP contribution in [-0.2, 0) is 0 Å². The van der Waals surface area contributed by atoms with Gasteiger partial charge < -0.3 is 19.5 Å². The Morgan fingerprint density at radius 1 is 1.13 bits per heavy atom. The molecule has 4 rings (SSSR count). The van der Waals surface area contributed by atoms with Gasteiger partial charge in [0, 0.05) is 44.0 Å². The molecule has 2 aromatic carbocycles. The number of hydrogen-bond acceptors (Lipinski definition) is 5. The fourth-order valence-corrected chi connectivity index (χ4v) is 3.80. The Labute approximate surface area is 173 Å². The van der Waals surface area contributed by atoms with E-state index in [1.165, 1.54) is 0 Å². The predicted molar refractivity (Wildman–Crippen MR) is 115 cm³/mol. The maximum atomic E-state index is 12.7. The Kier molecular flexibility index (Phi) is 5.19. The summed E-state index contributed by atoms with van der Waals surface area (Å²) in [5.41, 5.74) is 3.27. The van der Waals surface area contributed by atoms with Gasteiger partial charge in [-0.3, -0.25) is 4.57 Å². The Balaban J connectivity index is 1.43. The van der Waals surface area contributed by atoms with Gasteiger partial charge in [0.05, 0.1) is 16.8 Å². The van der Waals surface area contributed by atoms with Gasteiger partial charge in [-0.05, 0) is 38.1 Å². The minimum Gasteiger partial charge on any atom is -0.408 e. The Morgan fingerprint density at radius 2 is 1.87 bits per heavy atom. The van der Waals surface area contributed by atoms with E-state index in [1.54, 1.807) is 33.7 Å². The van der Waals surface area contributed by atoms with E-state index < -0.39 is 5.76 Å². The highest BCUT2D eigenvalue weighted by atomic mass is 16.4. The van der Waals surface area contributed by atoms with Gasteiger partial charge in [0.2, 0.25) is 0 Å². The average Bonchev–Trinajstić information content (AvgIpc) is 3.09. The van der Waals surface area contributed by atoms with Crippen LogP contribution in [0.15, 0.2) is 51.7 Å². The number of carbonyl (C=O) groups excluding carboxylic acids is 1. The first kappa shape index (κ1) is 19.6. The van der Waals surface area contributed by atoms with Crippen molar-refractivity contribution in [1.82, 2.24) is 9.47 Å². The van der Waals surface area contributed by atoms with E-state index in [0.717, 1.165) is 5.69 Å². The first-order valence-corrected chi connectivity index (χ1v) is 9.93. The molecule has 0 aliphatic carbocycles. The lowest BCUT2D eigenvalue weighted by Crippen LogP contribution is -2.50. The monoisotopic (exact) mass is 405 g/mol. The second kappa shape index (κ2) is 7.95. The molecule has 8 heteroatoms. The van der Waals surface area contributed by atoms with Crippen LogP contribution in [0.1, 0.15) is 25.5 Å². The Morgan fingerprint density at radius 3 is 2.57 bits per heavy atom. The summed E-state index contributed by atoms with van der Waals surface area (Å²) in [6.45, 7) is 6.23. The molecule has 1 saturated heterocycles. The number of fused-ring (bicyclic) bond motifs is 1. The molecule has 3 aromatic rings. The molecular weight excluding hydrogens is 382 g/mol. The van der Waals surface area contributed by atoms with Gasteiger partial charge in [0.25, 0.3) is 0 Å². The lowest BCUT2D eigenvalue weighted by Gasteiger charge is -2.36. The van der Waals surface area contributed by atoms with Gasteiger partial charge in [-0.1, -0.05) is 12.1 Å². The van der Waals surface area contributed by atoms with Gasteiger partial charge in [0.1, 0.15) is 6.07 Å². The lowest BCUT2D eigenvalue weighted by atomic mass is 10.1. The van der Waals surface area contributed by atoms with Crippen molar-refractivity contribution in [2.45, 2.75) is 19.9 Å².